The van der Waals surface area contributed by atoms with Gasteiger partial charge in [-0.25, -0.2) is 4.39 Å². The van der Waals surface area contributed by atoms with Crippen LogP contribution in [0.1, 0.15) is 23.5 Å². The minimum Gasteiger partial charge on any atom is -0.497 e. The molecule has 5 rings (SSSR count). The Kier molecular flexibility index (Phi) is 5.33. The zero-order chi connectivity index (χ0) is 22.1. The Balaban J connectivity index is 1.68. The van der Waals surface area contributed by atoms with E-state index >= 15 is 0 Å². The van der Waals surface area contributed by atoms with E-state index < -0.39 is 0 Å². The molecule has 4 aromatic rings. The van der Waals surface area contributed by atoms with Crippen LogP contribution in [-0.2, 0) is 0 Å². The van der Waals surface area contributed by atoms with Gasteiger partial charge in [-0.05, 0) is 60.7 Å². The molecular weight excluding hydrogens is 423 g/mol. The first-order chi connectivity index (χ1) is 15.7. The van der Waals surface area contributed by atoms with Gasteiger partial charge in [-0.2, -0.15) is 0 Å². The monoisotopic (exact) mass is 444 g/mol. The Morgan fingerprint density at radius 3 is 2.62 bits per heavy atom. The van der Waals surface area contributed by atoms with Gasteiger partial charge in [0.2, 0.25) is 0 Å². The van der Waals surface area contributed by atoms with Crippen molar-refractivity contribution in [2.24, 2.45) is 0 Å². The Morgan fingerprint density at radius 2 is 1.84 bits per heavy atom. The van der Waals surface area contributed by atoms with Crippen molar-refractivity contribution >= 4 is 23.0 Å². The van der Waals surface area contributed by atoms with Crippen molar-refractivity contribution in [3.05, 3.63) is 108 Å². The Bertz CT molecular complexity index is 1260. The predicted molar refractivity (Wildman–Crippen MR) is 127 cm³/mol. The van der Waals surface area contributed by atoms with Crippen LogP contribution < -0.4 is 15.0 Å². The maximum absolute atomic E-state index is 14.9. The second-order valence-corrected chi connectivity index (χ2v) is 7.84. The number of hydrogen-bond donors (Lipinski definition) is 1. The number of benzene rings is 2. The third-order valence-corrected chi connectivity index (χ3v) is 5.94. The van der Waals surface area contributed by atoms with Crippen LogP contribution in [0, 0.1) is 5.82 Å². The topological polar surface area (TPSA) is 42.3 Å². The summed E-state index contributed by atoms with van der Waals surface area (Å²) in [4.78, 5) is 6.41. The van der Waals surface area contributed by atoms with Gasteiger partial charge in [-0.1, -0.05) is 24.3 Å². The maximum atomic E-state index is 14.9. The van der Waals surface area contributed by atoms with Crippen molar-refractivity contribution < 1.29 is 9.13 Å². The van der Waals surface area contributed by atoms with E-state index in [2.05, 4.69) is 14.9 Å². The molecule has 1 saturated heterocycles. The van der Waals surface area contributed by atoms with Gasteiger partial charge in [0.1, 0.15) is 17.6 Å². The summed E-state index contributed by atoms with van der Waals surface area (Å²) in [5.41, 5.74) is 3.14. The van der Waals surface area contributed by atoms with Crippen molar-refractivity contribution in [3.8, 4) is 11.4 Å². The van der Waals surface area contributed by atoms with Gasteiger partial charge in [0.15, 0.2) is 5.11 Å². The normalized spacial score (nSPS) is 17.9. The number of anilines is 1. The van der Waals surface area contributed by atoms with Crippen molar-refractivity contribution in [2.75, 3.05) is 12.0 Å². The first-order valence-corrected chi connectivity index (χ1v) is 10.6. The van der Waals surface area contributed by atoms with E-state index in [0.717, 1.165) is 22.8 Å². The van der Waals surface area contributed by atoms with Crippen LogP contribution in [0.2, 0.25) is 0 Å². The lowest BCUT2D eigenvalue weighted by atomic mass is 10.0. The molecule has 0 spiro atoms. The number of thiocarbonyl (C=S) groups is 1. The highest BCUT2D eigenvalue weighted by molar-refractivity contribution is 7.80. The fourth-order valence-corrected chi connectivity index (χ4v) is 4.53. The Labute approximate surface area is 191 Å². The average molecular weight is 445 g/mol. The minimum absolute atomic E-state index is 0.262. The van der Waals surface area contributed by atoms with Crippen LogP contribution in [0.3, 0.4) is 0 Å². The molecule has 1 fully saturated rings. The molecule has 5 nitrogen and oxygen atoms in total. The molecule has 3 heterocycles. The summed E-state index contributed by atoms with van der Waals surface area (Å²) >= 11 is 5.70. The molecule has 32 heavy (non-hydrogen) atoms. The molecule has 0 saturated carbocycles. The second-order valence-electron chi connectivity index (χ2n) is 7.45. The molecule has 2 atom stereocenters. The number of hydrogen-bond acceptors (Lipinski definition) is 3. The number of rotatable bonds is 5. The van der Waals surface area contributed by atoms with Crippen LogP contribution >= 0.6 is 12.2 Å². The summed E-state index contributed by atoms with van der Waals surface area (Å²) in [6.07, 6.45) is 3.74. The van der Waals surface area contributed by atoms with Crippen molar-refractivity contribution in [1.29, 1.82) is 0 Å². The number of nitrogens with zero attached hydrogens (tertiary/aromatic N) is 3. The van der Waals surface area contributed by atoms with Gasteiger partial charge >= 0.3 is 0 Å². The highest BCUT2D eigenvalue weighted by Crippen LogP contribution is 2.43. The first-order valence-electron chi connectivity index (χ1n) is 10.2. The van der Waals surface area contributed by atoms with Gasteiger partial charge < -0.3 is 19.5 Å². The van der Waals surface area contributed by atoms with Gasteiger partial charge in [0.25, 0.3) is 0 Å². The first kappa shape index (κ1) is 20.2. The largest absolute Gasteiger partial charge is 0.497 e. The molecule has 160 valence electrons. The Hall–Kier alpha value is -3.71. The predicted octanol–water partition coefficient (Wildman–Crippen LogP) is 5.20. The maximum Gasteiger partial charge on any atom is 0.174 e. The van der Waals surface area contributed by atoms with E-state index in [9.17, 15) is 4.39 Å². The number of aromatic nitrogens is 2. The number of nitrogens with one attached hydrogen (secondary N) is 1. The summed E-state index contributed by atoms with van der Waals surface area (Å²) in [6, 6.07) is 23.7. The number of halogens is 1. The van der Waals surface area contributed by atoms with Crippen LogP contribution in [0.5, 0.6) is 5.75 Å². The van der Waals surface area contributed by atoms with Crippen LogP contribution in [0.25, 0.3) is 5.69 Å². The minimum atomic E-state index is -0.331. The third kappa shape index (κ3) is 3.50. The molecule has 7 heteroatoms. The molecule has 2 aromatic carbocycles. The fourth-order valence-electron chi connectivity index (χ4n) is 4.19. The number of methoxy groups -OCH3 is 1. The van der Waals surface area contributed by atoms with E-state index in [-0.39, 0.29) is 17.9 Å². The van der Waals surface area contributed by atoms with Gasteiger partial charge in [-0.15, -0.1) is 0 Å². The van der Waals surface area contributed by atoms with Crippen LogP contribution in [0.4, 0.5) is 10.1 Å². The Morgan fingerprint density at radius 1 is 1.00 bits per heavy atom. The molecule has 1 aliphatic heterocycles. The summed E-state index contributed by atoms with van der Waals surface area (Å²) in [6.45, 7) is 0. The van der Waals surface area contributed by atoms with Crippen molar-refractivity contribution in [3.63, 3.8) is 0 Å². The van der Waals surface area contributed by atoms with Gasteiger partial charge in [0.05, 0.1) is 24.5 Å². The average Bonchev–Trinajstić information content (AvgIpc) is 3.44. The molecule has 0 radical (unpaired) electrons. The van der Waals surface area contributed by atoms with E-state index in [1.165, 1.54) is 6.07 Å². The molecule has 2 aromatic heterocycles. The highest BCUT2D eigenvalue weighted by atomic mass is 32.1. The second kappa shape index (κ2) is 8.43. The van der Waals surface area contributed by atoms with E-state index in [0.29, 0.717) is 10.8 Å². The van der Waals surface area contributed by atoms with E-state index in [1.54, 1.807) is 25.4 Å². The van der Waals surface area contributed by atoms with Gasteiger partial charge in [-0.3, -0.25) is 4.98 Å². The molecule has 1 aliphatic rings. The number of pyridine rings is 1. The summed E-state index contributed by atoms with van der Waals surface area (Å²) in [5, 5.41) is 3.83. The molecule has 0 unspecified atom stereocenters. The molecule has 0 amide bonds. The fraction of sp³-hybridized carbons (Fsp3) is 0.120. The summed E-state index contributed by atoms with van der Waals surface area (Å²) in [5.74, 6) is 0.428. The number of para-hydroxylation sites is 1. The lowest BCUT2D eigenvalue weighted by molar-refractivity contribution is 0.414. The third-order valence-electron chi connectivity index (χ3n) is 5.62. The van der Waals surface area contributed by atoms with Crippen LogP contribution in [0.15, 0.2) is 91.3 Å². The zero-order valence-corrected chi connectivity index (χ0v) is 18.2. The van der Waals surface area contributed by atoms with Crippen molar-refractivity contribution in [2.45, 2.75) is 12.1 Å². The quantitative estimate of drug-likeness (QED) is 0.429. The van der Waals surface area contributed by atoms with Gasteiger partial charge in [0, 0.05) is 29.8 Å². The van der Waals surface area contributed by atoms with E-state index in [1.807, 2.05) is 71.8 Å². The number of ether oxygens (including phenoxy) is 1. The zero-order valence-electron chi connectivity index (χ0n) is 17.4. The standard InChI is InChI=1S/C25H21FN4OS/c1-31-18-9-6-8-17(16-18)29-15-7-13-22(29)24-23(20-11-4-5-14-27-20)28-25(32)30(24)21-12-3-2-10-19(21)26/h2-16,23-24H,1H3,(H,28,32)/t23-,24-/m0/s1. The molecule has 0 aliphatic carbocycles. The van der Waals surface area contributed by atoms with Crippen LogP contribution in [-0.4, -0.2) is 21.8 Å². The lowest BCUT2D eigenvalue weighted by Gasteiger charge is -2.29. The highest BCUT2D eigenvalue weighted by Gasteiger charge is 2.43. The molecule has 0 bridgehead atoms. The lowest BCUT2D eigenvalue weighted by Crippen LogP contribution is -2.31. The molecular formula is C25H21FN4OS. The molecule has 1 N–H and O–H groups in total. The van der Waals surface area contributed by atoms with Crippen molar-refractivity contribution in [1.82, 2.24) is 14.9 Å². The summed E-state index contributed by atoms with van der Waals surface area (Å²) in [7, 11) is 1.64. The summed E-state index contributed by atoms with van der Waals surface area (Å²) < 4.78 is 22.4. The SMILES string of the molecule is COc1cccc(-n2cccc2[C@H]2[C@H](c3ccccn3)NC(=S)N2c2ccccc2F)c1. The smallest absolute Gasteiger partial charge is 0.174 e. The van der Waals surface area contributed by atoms with E-state index in [4.69, 9.17) is 17.0 Å².